The van der Waals surface area contributed by atoms with Gasteiger partial charge in [0.2, 0.25) is 5.91 Å². The molecule has 1 fully saturated rings. The number of carbonyl (C=O) groups excluding carboxylic acids is 1. The van der Waals surface area contributed by atoms with Crippen molar-refractivity contribution in [2.45, 2.75) is 13.0 Å². The van der Waals surface area contributed by atoms with Crippen LogP contribution in [0.1, 0.15) is 11.1 Å². The summed E-state index contributed by atoms with van der Waals surface area (Å²) < 4.78 is 32.5. The van der Waals surface area contributed by atoms with E-state index in [1.807, 2.05) is 4.90 Å². The number of methoxy groups -OCH3 is 1. The third-order valence-electron chi connectivity index (χ3n) is 4.70. The number of ether oxygens (including phenoxy) is 1. The molecule has 0 aliphatic carbocycles. The van der Waals surface area contributed by atoms with E-state index in [0.717, 1.165) is 11.1 Å². The molecule has 2 aromatic carbocycles. The molecule has 1 heterocycles. The van der Waals surface area contributed by atoms with Crippen LogP contribution in [-0.4, -0.2) is 49.0 Å². The molecule has 144 valence electrons. The lowest BCUT2D eigenvalue weighted by Gasteiger charge is -2.35. The van der Waals surface area contributed by atoms with Gasteiger partial charge < -0.3 is 9.64 Å². The maximum atomic E-state index is 13.5. The van der Waals surface area contributed by atoms with Gasteiger partial charge in [0.15, 0.2) is 0 Å². The van der Waals surface area contributed by atoms with Crippen molar-refractivity contribution in [1.82, 2.24) is 9.80 Å². The fourth-order valence-electron chi connectivity index (χ4n) is 3.20. The highest BCUT2D eigenvalue weighted by Gasteiger charge is 2.22. The van der Waals surface area contributed by atoms with Gasteiger partial charge in [-0.15, -0.1) is 0 Å². The Hall–Kier alpha value is -1.99. The number of amides is 1. The predicted octanol–water partition coefficient (Wildman–Crippen LogP) is 3.62. The van der Waals surface area contributed by atoms with Crippen LogP contribution in [0.3, 0.4) is 0 Å². The van der Waals surface area contributed by atoms with Gasteiger partial charge in [0.25, 0.3) is 0 Å². The standard InChI is InChI=1S/C20H21BrF2N2O2/c1-27-19-5-3-16(22)12-15(19)13-24-6-8-25(9-7-24)20(26)11-14-2-4-18(23)17(21)10-14/h2-5,10,12H,6-9,11,13H2,1H3. The Balaban J connectivity index is 1.54. The number of rotatable bonds is 5. The molecule has 1 aliphatic heterocycles. The number of halogens is 3. The van der Waals surface area contributed by atoms with E-state index in [1.54, 1.807) is 25.3 Å². The third kappa shape index (κ3) is 5.05. The van der Waals surface area contributed by atoms with Gasteiger partial charge in [-0.3, -0.25) is 9.69 Å². The SMILES string of the molecule is COc1ccc(F)cc1CN1CCN(C(=O)Cc2ccc(F)c(Br)c2)CC1. The van der Waals surface area contributed by atoms with Gasteiger partial charge in [-0.05, 0) is 51.8 Å². The van der Waals surface area contributed by atoms with Crippen LogP contribution < -0.4 is 4.74 Å². The minimum absolute atomic E-state index is 0.0245. The van der Waals surface area contributed by atoms with Crippen molar-refractivity contribution in [3.05, 3.63) is 63.6 Å². The lowest BCUT2D eigenvalue weighted by Crippen LogP contribution is -2.48. The minimum atomic E-state index is -0.340. The van der Waals surface area contributed by atoms with Gasteiger partial charge in [0, 0.05) is 38.3 Å². The molecule has 7 heteroatoms. The van der Waals surface area contributed by atoms with Crippen LogP contribution >= 0.6 is 15.9 Å². The zero-order chi connectivity index (χ0) is 19.4. The number of hydrogen-bond donors (Lipinski definition) is 0. The molecule has 1 saturated heterocycles. The monoisotopic (exact) mass is 438 g/mol. The molecule has 0 radical (unpaired) electrons. The molecule has 0 unspecified atom stereocenters. The summed E-state index contributed by atoms with van der Waals surface area (Å²) in [5.41, 5.74) is 1.58. The third-order valence-corrected chi connectivity index (χ3v) is 5.31. The van der Waals surface area contributed by atoms with Gasteiger partial charge in [0.05, 0.1) is 18.0 Å². The second-order valence-corrected chi connectivity index (χ2v) is 7.39. The maximum Gasteiger partial charge on any atom is 0.227 e. The molecule has 4 nitrogen and oxygen atoms in total. The topological polar surface area (TPSA) is 32.8 Å². The first-order valence-corrected chi connectivity index (χ1v) is 9.52. The Bertz CT molecular complexity index is 824. The lowest BCUT2D eigenvalue weighted by atomic mass is 10.1. The number of nitrogens with zero attached hydrogens (tertiary/aromatic N) is 2. The van der Waals surface area contributed by atoms with E-state index in [-0.39, 0.29) is 24.0 Å². The van der Waals surface area contributed by atoms with Crippen LogP contribution in [0.2, 0.25) is 0 Å². The van der Waals surface area contributed by atoms with Crippen LogP contribution in [0.4, 0.5) is 8.78 Å². The smallest absolute Gasteiger partial charge is 0.227 e. The van der Waals surface area contributed by atoms with Crippen molar-refractivity contribution in [1.29, 1.82) is 0 Å². The van der Waals surface area contributed by atoms with Crippen molar-refractivity contribution in [3.8, 4) is 5.75 Å². The molecule has 1 aliphatic rings. The molecule has 1 amide bonds. The van der Waals surface area contributed by atoms with Gasteiger partial charge in [0.1, 0.15) is 17.4 Å². The summed E-state index contributed by atoms with van der Waals surface area (Å²) >= 11 is 3.14. The van der Waals surface area contributed by atoms with E-state index in [2.05, 4.69) is 20.8 Å². The zero-order valence-electron chi connectivity index (χ0n) is 15.1. The van der Waals surface area contributed by atoms with Gasteiger partial charge in [-0.2, -0.15) is 0 Å². The Morgan fingerprint density at radius 1 is 1.11 bits per heavy atom. The summed E-state index contributed by atoms with van der Waals surface area (Å²) in [6.07, 6.45) is 0.247. The van der Waals surface area contributed by atoms with E-state index in [1.165, 1.54) is 18.2 Å². The fraction of sp³-hybridized carbons (Fsp3) is 0.350. The van der Waals surface area contributed by atoms with Crippen LogP contribution in [0, 0.1) is 11.6 Å². The van der Waals surface area contributed by atoms with Gasteiger partial charge >= 0.3 is 0 Å². The van der Waals surface area contributed by atoms with E-state index in [4.69, 9.17) is 4.74 Å². The largest absolute Gasteiger partial charge is 0.496 e. The first-order chi connectivity index (χ1) is 13.0. The summed E-state index contributed by atoms with van der Waals surface area (Å²) in [4.78, 5) is 16.5. The average molecular weight is 439 g/mol. The second kappa shape index (κ2) is 8.80. The second-order valence-electron chi connectivity index (χ2n) is 6.54. The van der Waals surface area contributed by atoms with Gasteiger partial charge in [-0.25, -0.2) is 8.78 Å². The number of carbonyl (C=O) groups is 1. The van der Waals surface area contributed by atoms with E-state index in [0.29, 0.717) is 42.9 Å². The van der Waals surface area contributed by atoms with E-state index < -0.39 is 0 Å². The van der Waals surface area contributed by atoms with E-state index in [9.17, 15) is 13.6 Å². The van der Waals surface area contributed by atoms with Crippen LogP contribution in [-0.2, 0) is 17.8 Å². The lowest BCUT2D eigenvalue weighted by molar-refractivity contribution is -0.132. The molecule has 0 spiro atoms. The molecule has 27 heavy (non-hydrogen) atoms. The van der Waals surface area contributed by atoms with Crippen molar-refractivity contribution in [2.24, 2.45) is 0 Å². The van der Waals surface area contributed by atoms with E-state index >= 15 is 0 Å². The summed E-state index contributed by atoms with van der Waals surface area (Å²) in [7, 11) is 1.57. The highest BCUT2D eigenvalue weighted by molar-refractivity contribution is 9.10. The molecule has 0 saturated carbocycles. The summed E-state index contributed by atoms with van der Waals surface area (Å²) in [5, 5.41) is 0. The number of benzene rings is 2. The molecule has 3 rings (SSSR count). The Labute approximate surface area is 165 Å². The predicted molar refractivity (Wildman–Crippen MR) is 103 cm³/mol. The zero-order valence-corrected chi connectivity index (χ0v) is 16.6. The van der Waals surface area contributed by atoms with Crippen LogP contribution in [0.25, 0.3) is 0 Å². The summed E-state index contributed by atoms with van der Waals surface area (Å²) in [5.74, 6) is 0.0611. The first kappa shape index (κ1) is 19.8. The van der Waals surface area contributed by atoms with Crippen molar-refractivity contribution in [3.63, 3.8) is 0 Å². The van der Waals surface area contributed by atoms with Gasteiger partial charge in [-0.1, -0.05) is 6.07 Å². The molecule has 0 atom stereocenters. The quantitative estimate of drug-likeness (QED) is 0.714. The summed E-state index contributed by atoms with van der Waals surface area (Å²) in [6.45, 7) is 3.21. The Kier molecular flexibility index (Phi) is 6.44. The Morgan fingerprint density at radius 3 is 2.52 bits per heavy atom. The van der Waals surface area contributed by atoms with Crippen molar-refractivity contribution < 1.29 is 18.3 Å². The maximum absolute atomic E-state index is 13.5. The summed E-state index contributed by atoms with van der Waals surface area (Å²) in [6, 6.07) is 9.13. The normalized spacial score (nSPS) is 15.0. The van der Waals surface area contributed by atoms with Crippen molar-refractivity contribution >= 4 is 21.8 Å². The van der Waals surface area contributed by atoms with Crippen LogP contribution in [0.15, 0.2) is 40.9 Å². The fourth-order valence-corrected chi connectivity index (χ4v) is 3.63. The van der Waals surface area contributed by atoms with Crippen molar-refractivity contribution in [2.75, 3.05) is 33.3 Å². The average Bonchev–Trinajstić information content (AvgIpc) is 2.65. The molecular weight excluding hydrogens is 418 g/mol. The van der Waals surface area contributed by atoms with Crippen LogP contribution in [0.5, 0.6) is 5.75 Å². The molecular formula is C20H21BrF2N2O2. The first-order valence-electron chi connectivity index (χ1n) is 8.72. The minimum Gasteiger partial charge on any atom is -0.496 e. The highest BCUT2D eigenvalue weighted by Crippen LogP contribution is 2.22. The molecule has 0 N–H and O–H groups in total. The Morgan fingerprint density at radius 2 is 1.85 bits per heavy atom. The highest BCUT2D eigenvalue weighted by atomic mass is 79.9. The molecule has 0 aromatic heterocycles. The molecule has 0 bridgehead atoms. The number of piperazine rings is 1. The number of hydrogen-bond acceptors (Lipinski definition) is 3. The molecule has 2 aromatic rings.